The first-order chi connectivity index (χ1) is 14.4. The van der Waals surface area contributed by atoms with Gasteiger partial charge in [-0.05, 0) is 29.7 Å². The summed E-state index contributed by atoms with van der Waals surface area (Å²) in [5.41, 5.74) is 2.53. The highest BCUT2D eigenvalue weighted by molar-refractivity contribution is 7.90. The number of nitrogens with one attached hydrogen (secondary N) is 2. The standard InChI is InChI=1S/C22H27N3O4S/c1-3-4-8-19(22(26)23-14-16-10-12-17(13-11-16)15-29-2)24-21-18-7-5-6-9-20(18)30(27,28)25-21/h5-7,9-13,19H,3-4,8,14-15H2,1-2H3,(H,23,26)(H,24,25). The molecule has 1 amide bonds. The number of methoxy groups -OCH3 is 1. The molecule has 3 rings (SSSR count). The van der Waals surface area contributed by atoms with Crippen molar-refractivity contribution in [1.29, 1.82) is 0 Å². The smallest absolute Gasteiger partial charge is 0.263 e. The third kappa shape index (κ3) is 5.25. The highest BCUT2D eigenvalue weighted by atomic mass is 32.2. The van der Waals surface area contributed by atoms with Crippen LogP contribution in [0.5, 0.6) is 0 Å². The highest BCUT2D eigenvalue weighted by Gasteiger charge is 2.31. The van der Waals surface area contributed by atoms with Crippen LogP contribution < -0.4 is 10.0 Å². The molecule has 0 aromatic heterocycles. The van der Waals surface area contributed by atoms with E-state index in [9.17, 15) is 13.2 Å². The van der Waals surface area contributed by atoms with Crippen molar-refractivity contribution in [2.24, 2.45) is 4.99 Å². The third-order valence-corrected chi connectivity index (χ3v) is 6.28. The minimum Gasteiger partial charge on any atom is -0.380 e. The summed E-state index contributed by atoms with van der Waals surface area (Å²) in [7, 11) is -1.99. The second-order valence-electron chi connectivity index (χ2n) is 7.20. The number of benzene rings is 2. The van der Waals surface area contributed by atoms with E-state index in [4.69, 9.17) is 4.74 Å². The van der Waals surface area contributed by atoms with E-state index in [1.54, 1.807) is 25.3 Å². The van der Waals surface area contributed by atoms with E-state index in [0.29, 0.717) is 25.1 Å². The summed E-state index contributed by atoms with van der Waals surface area (Å²) < 4.78 is 32.2. The van der Waals surface area contributed by atoms with Crippen molar-refractivity contribution in [3.8, 4) is 0 Å². The van der Waals surface area contributed by atoms with E-state index in [2.05, 4.69) is 15.0 Å². The van der Waals surface area contributed by atoms with Crippen molar-refractivity contribution >= 4 is 21.8 Å². The van der Waals surface area contributed by atoms with Gasteiger partial charge in [-0.15, -0.1) is 0 Å². The van der Waals surface area contributed by atoms with Crippen LogP contribution in [0.4, 0.5) is 0 Å². The lowest BCUT2D eigenvalue weighted by Gasteiger charge is -2.14. The van der Waals surface area contributed by atoms with Crippen LogP contribution in [0.25, 0.3) is 0 Å². The molecule has 0 fully saturated rings. The number of hydrogen-bond acceptors (Lipinski definition) is 5. The van der Waals surface area contributed by atoms with E-state index < -0.39 is 16.1 Å². The Morgan fingerprint density at radius 1 is 1.13 bits per heavy atom. The third-order valence-electron chi connectivity index (χ3n) is 4.88. The predicted octanol–water partition coefficient (Wildman–Crippen LogP) is 2.75. The molecule has 1 atom stereocenters. The van der Waals surface area contributed by atoms with Crippen LogP contribution >= 0.6 is 0 Å². The lowest BCUT2D eigenvalue weighted by Crippen LogP contribution is -2.35. The topological polar surface area (TPSA) is 96.9 Å². The molecule has 1 aliphatic heterocycles. The van der Waals surface area contributed by atoms with Crippen LogP contribution in [0.1, 0.15) is 42.9 Å². The zero-order valence-electron chi connectivity index (χ0n) is 17.2. The number of amidine groups is 1. The van der Waals surface area contributed by atoms with E-state index in [1.807, 2.05) is 31.2 Å². The monoisotopic (exact) mass is 429 g/mol. The SMILES string of the molecule is CCCCC(N=C1NS(=O)(=O)c2ccccc21)C(=O)NCc1ccc(COC)cc1. The van der Waals surface area contributed by atoms with Crippen molar-refractivity contribution in [1.82, 2.24) is 10.0 Å². The van der Waals surface area contributed by atoms with Crippen LogP contribution in [-0.2, 0) is 32.7 Å². The van der Waals surface area contributed by atoms with Gasteiger partial charge in [0.05, 0.1) is 11.5 Å². The number of ether oxygens (including phenoxy) is 1. The summed E-state index contributed by atoms with van der Waals surface area (Å²) in [6.45, 7) is 2.96. The number of nitrogens with zero attached hydrogens (tertiary/aromatic N) is 1. The number of sulfonamides is 1. The fourth-order valence-corrected chi connectivity index (χ4v) is 4.50. The molecule has 0 bridgehead atoms. The lowest BCUT2D eigenvalue weighted by molar-refractivity contribution is -0.122. The molecule has 0 saturated heterocycles. The molecule has 7 nitrogen and oxygen atoms in total. The summed E-state index contributed by atoms with van der Waals surface area (Å²) in [5.74, 6) is 0.00580. The summed E-state index contributed by atoms with van der Waals surface area (Å²) in [5, 5.41) is 2.92. The van der Waals surface area contributed by atoms with Gasteiger partial charge in [-0.2, -0.15) is 0 Å². The molecule has 160 valence electrons. The first-order valence-electron chi connectivity index (χ1n) is 9.99. The first-order valence-corrected chi connectivity index (χ1v) is 11.5. The fourth-order valence-electron chi connectivity index (χ4n) is 3.26. The van der Waals surface area contributed by atoms with E-state index in [1.165, 1.54) is 6.07 Å². The number of carbonyl (C=O) groups excluding carboxylic acids is 1. The molecule has 2 aromatic rings. The van der Waals surface area contributed by atoms with Gasteiger partial charge in [0.25, 0.3) is 10.0 Å². The van der Waals surface area contributed by atoms with Crippen molar-refractivity contribution in [2.75, 3.05) is 7.11 Å². The van der Waals surface area contributed by atoms with E-state index in [0.717, 1.165) is 24.0 Å². The second kappa shape index (κ2) is 9.86. The fraction of sp³-hybridized carbons (Fsp3) is 0.364. The number of carbonyl (C=O) groups is 1. The average Bonchev–Trinajstić information content (AvgIpc) is 3.01. The Labute approximate surface area is 177 Å². The van der Waals surface area contributed by atoms with Crippen molar-refractivity contribution in [2.45, 2.75) is 50.3 Å². The summed E-state index contributed by atoms with van der Waals surface area (Å²) in [6.07, 6.45) is 2.27. The van der Waals surface area contributed by atoms with E-state index in [-0.39, 0.29) is 16.6 Å². The number of unbranched alkanes of at least 4 members (excludes halogenated alkanes) is 1. The van der Waals surface area contributed by atoms with Crippen LogP contribution in [0.15, 0.2) is 58.4 Å². The molecule has 1 aliphatic rings. The van der Waals surface area contributed by atoms with Crippen LogP contribution in [0.3, 0.4) is 0 Å². The summed E-state index contributed by atoms with van der Waals surface area (Å²) in [4.78, 5) is 17.5. The maximum atomic E-state index is 12.8. The molecular weight excluding hydrogens is 402 g/mol. The number of amides is 1. The molecule has 0 aliphatic carbocycles. The Morgan fingerprint density at radius 2 is 1.83 bits per heavy atom. The number of fused-ring (bicyclic) bond motifs is 1. The molecule has 8 heteroatoms. The second-order valence-corrected chi connectivity index (χ2v) is 8.86. The molecule has 1 heterocycles. The van der Waals surface area contributed by atoms with Crippen LogP contribution in [-0.4, -0.2) is 33.3 Å². The van der Waals surface area contributed by atoms with Crippen molar-refractivity contribution < 1.29 is 17.9 Å². The molecule has 0 spiro atoms. The minimum atomic E-state index is -3.63. The predicted molar refractivity (Wildman–Crippen MR) is 116 cm³/mol. The number of hydrogen-bond donors (Lipinski definition) is 2. The van der Waals surface area contributed by atoms with Gasteiger partial charge in [0.2, 0.25) is 5.91 Å². The molecule has 30 heavy (non-hydrogen) atoms. The van der Waals surface area contributed by atoms with Crippen LogP contribution in [0, 0.1) is 0 Å². The molecule has 0 saturated carbocycles. The summed E-state index contributed by atoms with van der Waals surface area (Å²) in [6, 6.07) is 13.8. The quantitative estimate of drug-likeness (QED) is 0.641. The zero-order chi connectivity index (χ0) is 21.6. The highest BCUT2D eigenvalue weighted by Crippen LogP contribution is 2.23. The van der Waals surface area contributed by atoms with Crippen LogP contribution in [0.2, 0.25) is 0 Å². The van der Waals surface area contributed by atoms with Gasteiger partial charge in [0.1, 0.15) is 11.9 Å². The van der Waals surface area contributed by atoms with Gasteiger partial charge in [0.15, 0.2) is 0 Å². The molecule has 2 N–H and O–H groups in total. The Hall–Kier alpha value is -2.71. The average molecular weight is 430 g/mol. The van der Waals surface area contributed by atoms with Gasteiger partial charge >= 0.3 is 0 Å². The van der Waals surface area contributed by atoms with Gasteiger partial charge in [-0.25, -0.2) is 8.42 Å². The van der Waals surface area contributed by atoms with Gasteiger partial charge in [-0.3, -0.25) is 14.5 Å². The van der Waals surface area contributed by atoms with Crippen molar-refractivity contribution in [3.05, 3.63) is 65.2 Å². The molecule has 1 unspecified atom stereocenters. The Bertz CT molecular complexity index is 1020. The normalized spacial score (nSPS) is 16.7. The number of aliphatic imine (C=N–C) groups is 1. The Balaban J connectivity index is 1.74. The Kier molecular flexibility index (Phi) is 7.23. The van der Waals surface area contributed by atoms with Gasteiger partial charge in [-0.1, -0.05) is 56.2 Å². The maximum absolute atomic E-state index is 12.8. The van der Waals surface area contributed by atoms with Crippen molar-refractivity contribution in [3.63, 3.8) is 0 Å². The molecular formula is C22H27N3O4S. The van der Waals surface area contributed by atoms with Gasteiger partial charge in [0, 0.05) is 19.2 Å². The van der Waals surface area contributed by atoms with Gasteiger partial charge < -0.3 is 10.1 Å². The maximum Gasteiger partial charge on any atom is 0.263 e. The lowest BCUT2D eigenvalue weighted by atomic mass is 10.1. The zero-order valence-corrected chi connectivity index (χ0v) is 18.0. The largest absolute Gasteiger partial charge is 0.380 e. The van der Waals surface area contributed by atoms with E-state index >= 15 is 0 Å². The molecule has 2 aromatic carbocycles. The number of rotatable bonds is 9. The summed E-state index contributed by atoms with van der Waals surface area (Å²) >= 11 is 0. The first kappa shape index (κ1) is 22.0. The Morgan fingerprint density at radius 3 is 2.53 bits per heavy atom. The molecule has 0 radical (unpaired) electrons. The minimum absolute atomic E-state index is 0.189.